The lowest BCUT2D eigenvalue weighted by Crippen LogP contribution is -2.08. The SMILES string of the molecule is COc1ccc(Oc2nc(Oc3cccc(N(C)C)c3)c(F)c(C)c2F)c(OC)c1C#N. The molecule has 0 fully saturated rings. The number of pyridine rings is 1. The number of ether oxygens (including phenoxy) is 4. The molecule has 32 heavy (non-hydrogen) atoms. The summed E-state index contributed by atoms with van der Waals surface area (Å²) in [5.41, 5.74) is 0.552. The maximum absolute atomic E-state index is 14.8. The Balaban J connectivity index is 2.04. The van der Waals surface area contributed by atoms with Gasteiger partial charge in [-0.3, -0.25) is 0 Å². The lowest BCUT2D eigenvalue weighted by atomic mass is 10.2. The predicted molar refractivity (Wildman–Crippen MR) is 114 cm³/mol. The van der Waals surface area contributed by atoms with Gasteiger partial charge in [-0.15, -0.1) is 0 Å². The minimum Gasteiger partial charge on any atom is -0.495 e. The highest BCUT2D eigenvalue weighted by Crippen LogP contribution is 2.40. The molecule has 0 aliphatic carbocycles. The summed E-state index contributed by atoms with van der Waals surface area (Å²) in [5, 5.41) is 9.43. The van der Waals surface area contributed by atoms with E-state index >= 15 is 0 Å². The van der Waals surface area contributed by atoms with Crippen LogP contribution in [0.4, 0.5) is 14.5 Å². The molecule has 1 heterocycles. The molecule has 0 amide bonds. The van der Waals surface area contributed by atoms with Crippen molar-refractivity contribution >= 4 is 5.69 Å². The summed E-state index contributed by atoms with van der Waals surface area (Å²) in [6.07, 6.45) is 0. The van der Waals surface area contributed by atoms with E-state index in [2.05, 4.69) is 4.98 Å². The van der Waals surface area contributed by atoms with Crippen molar-refractivity contribution < 1.29 is 27.7 Å². The Morgan fingerprint density at radius 1 is 0.938 bits per heavy atom. The third kappa shape index (κ3) is 4.34. The van der Waals surface area contributed by atoms with Gasteiger partial charge < -0.3 is 23.8 Å². The van der Waals surface area contributed by atoms with E-state index < -0.39 is 23.4 Å². The second-order valence-electron chi connectivity index (χ2n) is 6.86. The van der Waals surface area contributed by atoms with Crippen LogP contribution < -0.4 is 23.8 Å². The molecule has 9 heteroatoms. The van der Waals surface area contributed by atoms with Gasteiger partial charge in [-0.25, -0.2) is 8.78 Å². The van der Waals surface area contributed by atoms with E-state index in [9.17, 15) is 14.0 Å². The summed E-state index contributed by atoms with van der Waals surface area (Å²) in [7, 11) is 6.43. The second kappa shape index (κ2) is 9.39. The third-order valence-corrected chi connectivity index (χ3v) is 4.61. The molecule has 0 atom stereocenters. The van der Waals surface area contributed by atoms with Crippen molar-refractivity contribution in [2.45, 2.75) is 6.92 Å². The smallest absolute Gasteiger partial charge is 0.259 e. The quantitative estimate of drug-likeness (QED) is 0.498. The van der Waals surface area contributed by atoms with E-state index in [0.29, 0.717) is 5.75 Å². The number of rotatable bonds is 7. The first-order chi connectivity index (χ1) is 15.3. The van der Waals surface area contributed by atoms with E-state index in [-0.39, 0.29) is 28.4 Å². The first kappa shape index (κ1) is 22.6. The van der Waals surface area contributed by atoms with E-state index in [4.69, 9.17) is 18.9 Å². The van der Waals surface area contributed by atoms with Gasteiger partial charge in [-0.1, -0.05) is 6.07 Å². The first-order valence-corrected chi connectivity index (χ1v) is 9.44. The summed E-state index contributed by atoms with van der Waals surface area (Å²) in [6, 6.07) is 11.7. The van der Waals surface area contributed by atoms with Crippen LogP contribution in [0.25, 0.3) is 0 Å². The number of halogens is 2. The molecule has 3 rings (SSSR count). The van der Waals surface area contributed by atoms with Crippen LogP contribution in [0, 0.1) is 29.9 Å². The van der Waals surface area contributed by atoms with E-state index in [1.54, 1.807) is 18.2 Å². The van der Waals surface area contributed by atoms with Crippen LogP contribution in [-0.4, -0.2) is 33.3 Å². The minimum atomic E-state index is -1.01. The number of hydrogen-bond donors (Lipinski definition) is 0. The molecule has 7 nitrogen and oxygen atoms in total. The van der Waals surface area contributed by atoms with Crippen molar-refractivity contribution in [3.8, 4) is 40.8 Å². The van der Waals surface area contributed by atoms with Gasteiger partial charge >= 0.3 is 0 Å². The average Bonchev–Trinajstić information content (AvgIpc) is 2.80. The summed E-state index contributed by atoms with van der Waals surface area (Å²) in [5.74, 6) is -2.35. The van der Waals surface area contributed by atoms with Crippen LogP contribution in [0.2, 0.25) is 0 Å². The highest BCUT2D eigenvalue weighted by Gasteiger charge is 2.23. The molecule has 3 aromatic rings. The maximum Gasteiger partial charge on any atom is 0.259 e. The minimum absolute atomic E-state index is 0.00260. The van der Waals surface area contributed by atoms with Crippen LogP contribution in [0.5, 0.6) is 34.8 Å². The molecular formula is C23H21F2N3O4. The van der Waals surface area contributed by atoms with Gasteiger partial charge in [-0.05, 0) is 31.2 Å². The number of methoxy groups -OCH3 is 2. The number of hydrogen-bond acceptors (Lipinski definition) is 7. The van der Waals surface area contributed by atoms with Gasteiger partial charge in [0.2, 0.25) is 0 Å². The van der Waals surface area contributed by atoms with E-state index in [1.165, 1.54) is 33.3 Å². The molecule has 0 saturated carbocycles. The Bertz CT molecular complexity index is 1190. The molecule has 166 valence electrons. The fraction of sp³-hybridized carbons (Fsp3) is 0.217. The Morgan fingerprint density at radius 3 is 2.19 bits per heavy atom. The second-order valence-corrected chi connectivity index (χ2v) is 6.86. The fourth-order valence-corrected chi connectivity index (χ4v) is 2.89. The predicted octanol–water partition coefficient (Wildman–Crippen LogP) is 5.21. The maximum atomic E-state index is 14.8. The lowest BCUT2D eigenvalue weighted by molar-refractivity contribution is 0.344. The number of anilines is 1. The van der Waals surface area contributed by atoms with Crippen molar-refractivity contribution in [2.75, 3.05) is 33.2 Å². The molecular weight excluding hydrogens is 420 g/mol. The van der Waals surface area contributed by atoms with Gasteiger partial charge in [0.05, 0.1) is 14.2 Å². The molecule has 0 aliphatic heterocycles. The average molecular weight is 441 g/mol. The van der Waals surface area contributed by atoms with Crippen molar-refractivity contribution in [1.82, 2.24) is 4.98 Å². The summed E-state index contributed by atoms with van der Waals surface area (Å²) < 4.78 is 51.0. The number of benzene rings is 2. The third-order valence-electron chi connectivity index (χ3n) is 4.61. The zero-order valence-corrected chi connectivity index (χ0v) is 18.2. The van der Waals surface area contributed by atoms with Gasteiger partial charge in [0.1, 0.15) is 23.1 Å². The molecule has 0 aliphatic rings. The molecule has 0 radical (unpaired) electrons. The van der Waals surface area contributed by atoms with Crippen LogP contribution in [-0.2, 0) is 0 Å². The molecule has 2 aromatic carbocycles. The largest absolute Gasteiger partial charge is 0.495 e. The normalized spacial score (nSPS) is 10.3. The highest BCUT2D eigenvalue weighted by atomic mass is 19.1. The van der Waals surface area contributed by atoms with Crippen molar-refractivity contribution in [2.24, 2.45) is 0 Å². The summed E-state index contributed by atoms with van der Waals surface area (Å²) in [4.78, 5) is 5.74. The standard InChI is InChI=1S/C23H21F2N3O4/c1-13-19(24)22(31-15-8-6-7-14(11-15)28(2)3)27-23(20(13)25)32-18-10-9-17(29-4)16(12-26)21(18)30-5/h6-11H,1-5H3. The van der Waals surface area contributed by atoms with E-state index in [1.807, 2.05) is 31.1 Å². The highest BCUT2D eigenvalue weighted by molar-refractivity contribution is 5.60. The monoisotopic (exact) mass is 441 g/mol. The Hall–Kier alpha value is -4.06. The topological polar surface area (TPSA) is 76.8 Å². The van der Waals surface area contributed by atoms with Gasteiger partial charge in [0.25, 0.3) is 11.8 Å². The Morgan fingerprint density at radius 2 is 1.59 bits per heavy atom. The van der Waals surface area contributed by atoms with Crippen LogP contribution >= 0.6 is 0 Å². The lowest BCUT2D eigenvalue weighted by Gasteiger charge is -2.16. The molecule has 0 bridgehead atoms. The molecule has 1 aromatic heterocycles. The van der Waals surface area contributed by atoms with Crippen LogP contribution in [0.1, 0.15) is 11.1 Å². The van der Waals surface area contributed by atoms with Crippen molar-refractivity contribution in [3.63, 3.8) is 0 Å². The van der Waals surface area contributed by atoms with Crippen molar-refractivity contribution in [1.29, 1.82) is 5.26 Å². The number of nitrogens with zero attached hydrogens (tertiary/aromatic N) is 3. The van der Waals surface area contributed by atoms with Gasteiger partial charge in [0.15, 0.2) is 23.1 Å². The first-order valence-electron chi connectivity index (χ1n) is 9.44. The zero-order chi connectivity index (χ0) is 23.4. The fourth-order valence-electron chi connectivity index (χ4n) is 2.89. The summed E-state index contributed by atoms with van der Waals surface area (Å²) in [6.45, 7) is 1.24. The summed E-state index contributed by atoms with van der Waals surface area (Å²) >= 11 is 0. The van der Waals surface area contributed by atoms with Gasteiger partial charge in [-0.2, -0.15) is 10.2 Å². The number of aromatic nitrogens is 1. The van der Waals surface area contributed by atoms with Gasteiger partial charge in [0, 0.05) is 31.4 Å². The van der Waals surface area contributed by atoms with Crippen LogP contribution in [0.3, 0.4) is 0 Å². The molecule has 0 spiro atoms. The van der Waals surface area contributed by atoms with Crippen molar-refractivity contribution in [3.05, 3.63) is 59.2 Å². The van der Waals surface area contributed by atoms with E-state index in [0.717, 1.165) is 5.69 Å². The zero-order valence-electron chi connectivity index (χ0n) is 18.2. The number of nitriles is 1. The Labute approximate surface area is 184 Å². The van der Waals surface area contributed by atoms with Crippen LogP contribution in [0.15, 0.2) is 36.4 Å². The molecule has 0 unspecified atom stereocenters. The Kier molecular flexibility index (Phi) is 6.64. The molecule has 0 saturated heterocycles. The molecule has 0 N–H and O–H groups in total.